The highest BCUT2D eigenvalue weighted by molar-refractivity contribution is 7.80. The summed E-state index contributed by atoms with van der Waals surface area (Å²) >= 11 is 4.94. The van der Waals surface area contributed by atoms with E-state index in [1.807, 2.05) is 32.8 Å². The minimum Gasteiger partial charge on any atom is -0.392 e. The van der Waals surface area contributed by atoms with E-state index in [2.05, 4.69) is 5.32 Å². The average molecular weight is 245 g/mol. The standard InChI is InChI=1S/C11H23N3OS/c1-6-11(3,9(12)16)10(15)13-7-8(2)14(4)5/h8H,6-7H2,1-5H3,(H2,12,16)(H,13,15). The van der Waals surface area contributed by atoms with Gasteiger partial charge in [0, 0.05) is 12.6 Å². The lowest BCUT2D eigenvalue weighted by molar-refractivity contribution is -0.127. The molecule has 0 bridgehead atoms. The molecule has 1 amide bonds. The summed E-state index contributed by atoms with van der Waals surface area (Å²) in [6.07, 6.45) is 0.616. The van der Waals surface area contributed by atoms with Crippen LogP contribution in [0.2, 0.25) is 0 Å². The van der Waals surface area contributed by atoms with E-state index in [4.69, 9.17) is 18.0 Å². The summed E-state index contributed by atoms with van der Waals surface area (Å²) in [6.45, 7) is 6.34. The Morgan fingerprint density at radius 3 is 2.38 bits per heavy atom. The summed E-state index contributed by atoms with van der Waals surface area (Å²) in [4.78, 5) is 14.3. The van der Waals surface area contributed by atoms with Crippen molar-refractivity contribution in [2.24, 2.45) is 11.1 Å². The minimum atomic E-state index is -0.735. The summed E-state index contributed by atoms with van der Waals surface area (Å²) in [5.74, 6) is -0.0869. The molecule has 0 aromatic rings. The molecule has 4 nitrogen and oxygen atoms in total. The Kier molecular flexibility index (Phi) is 5.89. The van der Waals surface area contributed by atoms with Crippen LogP contribution in [0.3, 0.4) is 0 Å². The Bertz CT molecular complexity index is 268. The van der Waals surface area contributed by atoms with Crippen LogP contribution in [0, 0.1) is 5.41 Å². The van der Waals surface area contributed by atoms with Crippen molar-refractivity contribution in [2.75, 3.05) is 20.6 Å². The predicted octanol–water partition coefficient (Wildman–Crippen LogP) is 0.755. The zero-order valence-electron chi connectivity index (χ0n) is 10.8. The minimum absolute atomic E-state index is 0.0869. The molecule has 16 heavy (non-hydrogen) atoms. The van der Waals surface area contributed by atoms with Crippen LogP contribution in [-0.4, -0.2) is 42.5 Å². The zero-order valence-corrected chi connectivity index (χ0v) is 11.6. The molecule has 0 radical (unpaired) electrons. The highest BCUT2D eigenvalue weighted by Gasteiger charge is 2.34. The maximum Gasteiger partial charge on any atom is 0.232 e. The van der Waals surface area contributed by atoms with E-state index in [1.54, 1.807) is 6.92 Å². The van der Waals surface area contributed by atoms with E-state index in [0.717, 1.165) is 0 Å². The third-order valence-electron chi connectivity index (χ3n) is 3.19. The van der Waals surface area contributed by atoms with Crippen molar-refractivity contribution in [3.8, 4) is 0 Å². The van der Waals surface area contributed by atoms with E-state index in [-0.39, 0.29) is 16.9 Å². The van der Waals surface area contributed by atoms with Gasteiger partial charge in [0.2, 0.25) is 5.91 Å². The van der Waals surface area contributed by atoms with Gasteiger partial charge in [0.15, 0.2) is 0 Å². The normalized spacial score (nSPS) is 16.6. The predicted molar refractivity (Wildman–Crippen MR) is 71.3 cm³/mol. The molecule has 0 aliphatic carbocycles. The molecule has 94 valence electrons. The maximum absolute atomic E-state index is 12.0. The summed E-state index contributed by atoms with van der Waals surface area (Å²) in [7, 11) is 3.95. The SMILES string of the molecule is CCC(C)(C(=O)NCC(C)N(C)C)C(N)=S. The van der Waals surface area contributed by atoms with Crippen LogP contribution in [-0.2, 0) is 4.79 Å². The molecule has 0 rings (SSSR count). The Hall–Kier alpha value is -0.680. The molecule has 0 spiro atoms. The molecule has 0 aliphatic rings. The van der Waals surface area contributed by atoms with Gasteiger partial charge in [-0.25, -0.2) is 0 Å². The molecule has 0 saturated carbocycles. The van der Waals surface area contributed by atoms with Crippen LogP contribution < -0.4 is 11.1 Å². The van der Waals surface area contributed by atoms with Gasteiger partial charge in [0.1, 0.15) is 0 Å². The molecule has 2 unspecified atom stereocenters. The van der Waals surface area contributed by atoms with Gasteiger partial charge < -0.3 is 16.0 Å². The third kappa shape index (κ3) is 3.72. The van der Waals surface area contributed by atoms with E-state index < -0.39 is 5.41 Å². The first-order chi connectivity index (χ1) is 7.25. The van der Waals surface area contributed by atoms with Crippen LogP contribution in [0.1, 0.15) is 27.2 Å². The number of amides is 1. The van der Waals surface area contributed by atoms with E-state index in [9.17, 15) is 4.79 Å². The maximum atomic E-state index is 12.0. The lowest BCUT2D eigenvalue weighted by Gasteiger charge is -2.27. The largest absolute Gasteiger partial charge is 0.392 e. The van der Waals surface area contributed by atoms with Crippen molar-refractivity contribution in [1.82, 2.24) is 10.2 Å². The van der Waals surface area contributed by atoms with Gasteiger partial charge in [-0.15, -0.1) is 0 Å². The fraction of sp³-hybridized carbons (Fsp3) is 0.818. The molecular weight excluding hydrogens is 222 g/mol. The average Bonchev–Trinajstić information content (AvgIpc) is 2.23. The number of hydrogen-bond donors (Lipinski definition) is 2. The smallest absolute Gasteiger partial charge is 0.232 e. The third-order valence-corrected chi connectivity index (χ3v) is 3.64. The molecule has 0 aromatic heterocycles. The van der Waals surface area contributed by atoms with Crippen LogP contribution in [0.25, 0.3) is 0 Å². The Morgan fingerprint density at radius 1 is 1.56 bits per heavy atom. The van der Waals surface area contributed by atoms with Crippen molar-refractivity contribution >= 4 is 23.1 Å². The first-order valence-electron chi connectivity index (χ1n) is 5.50. The Balaban J connectivity index is 4.40. The van der Waals surface area contributed by atoms with Gasteiger partial charge in [0.05, 0.1) is 10.4 Å². The second kappa shape index (κ2) is 6.15. The number of nitrogens with one attached hydrogen (secondary N) is 1. The number of hydrogen-bond acceptors (Lipinski definition) is 3. The fourth-order valence-electron chi connectivity index (χ4n) is 1.06. The lowest BCUT2D eigenvalue weighted by Crippen LogP contribution is -2.49. The van der Waals surface area contributed by atoms with E-state index in [0.29, 0.717) is 13.0 Å². The van der Waals surface area contributed by atoms with Gasteiger partial charge >= 0.3 is 0 Å². The number of carbonyl (C=O) groups excluding carboxylic acids is 1. The number of nitrogens with zero attached hydrogens (tertiary/aromatic N) is 1. The highest BCUT2D eigenvalue weighted by atomic mass is 32.1. The second-order valence-electron chi connectivity index (χ2n) is 4.57. The fourth-order valence-corrected chi connectivity index (χ4v) is 1.30. The molecule has 2 atom stereocenters. The van der Waals surface area contributed by atoms with Crippen molar-refractivity contribution in [1.29, 1.82) is 0 Å². The quantitative estimate of drug-likeness (QED) is 0.678. The summed E-state index contributed by atoms with van der Waals surface area (Å²) in [6, 6.07) is 0.288. The molecule has 0 aliphatic heterocycles. The lowest BCUT2D eigenvalue weighted by atomic mass is 9.86. The topological polar surface area (TPSA) is 58.4 Å². The van der Waals surface area contributed by atoms with Crippen molar-refractivity contribution < 1.29 is 4.79 Å². The Labute approximate surface area is 104 Å². The van der Waals surface area contributed by atoms with E-state index >= 15 is 0 Å². The molecule has 0 saturated heterocycles. The number of likely N-dealkylation sites (N-methyl/N-ethyl adjacent to an activating group) is 1. The summed E-state index contributed by atoms with van der Waals surface area (Å²) < 4.78 is 0. The number of carbonyl (C=O) groups is 1. The molecule has 0 fully saturated rings. The molecule has 3 N–H and O–H groups in total. The van der Waals surface area contributed by atoms with Crippen LogP contribution >= 0.6 is 12.2 Å². The molecular formula is C11H23N3OS. The van der Waals surface area contributed by atoms with Gasteiger partial charge in [0.25, 0.3) is 0 Å². The molecule has 0 aromatic carbocycles. The van der Waals surface area contributed by atoms with Gasteiger partial charge in [-0.05, 0) is 34.4 Å². The zero-order chi connectivity index (χ0) is 12.9. The first kappa shape index (κ1) is 15.3. The summed E-state index contributed by atoms with van der Waals surface area (Å²) in [5, 5.41) is 2.89. The molecule has 0 heterocycles. The van der Waals surface area contributed by atoms with Crippen molar-refractivity contribution in [3.63, 3.8) is 0 Å². The van der Waals surface area contributed by atoms with Crippen LogP contribution in [0.4, 0.5) is 0 Å². The van der Waals surface area contributed by atoms with Crippen molar-refractivity contribution in [2.45, 2.75) is 33.2 Å². The molecule has 5 heteroatoms. The highest BCUT2D eigenvalue weighted by Crippen LogP contribution is 2.21. The first-order valence-corrected chi connectivity index (χ1v) is 5.91. The van der Waals surface area contributed by atoms with Gasteiger partial charge in [-0.3, -0.25) is 4.79 Å². The number of nitrogens with two attached hydrogens (primary N) is 1. The number of thiocarbonyl (C=S) groups is 1. The van der Waals surface area contributed by atoms with Crippen molar-refractivity contribution in [3.05, 3.63) is 0 Å². The second-order valence-corrected chi connectivity index (χ2v) is 5.01. The Morgan fingerprint density at radius 2 is 2.06 bits per heavy atom. The van der Waals surface area contributed by atoms with Crippen LogP contribution in [0.5, 0.6) is 0 Å². The summed E-state index contributed by atoms with van der Waals surface area (Å²) in [5.41, 5.74) is 4.87. The monoisotopic (exact) mass is 245 g/mol. The van der Waals surface area contributed by atoms with Gasteiger partial charge in [-0.2, -0.15) is 0 Å². The van der Waals surface area contributed by atoms with E-state index in [1.165, 1.54) is 0 Å². The van der Waals surface area contributed by atoms with Gasteiger partial charge in [-0.1, -0.05) is 19.1 Å². The van der Waals surface area contributed by atoms with Crippen LogP contribution in [0.15, 0.2) is 0 Å². The number of rotatable bonds is 6.